The van der Waals surface area contributed by atoms with Crippen molar-refractivity contribution >= 4 is 11.6 Å². The van der Waals surface area contributed by atoms with E-state index in [0.717, 1.165) is 12.8 Å². The third-order valence-corrected chi connectivity index (χ3v) is 1.37. The van der Waals surface area contributed by atoms with Crippen LogP contribution >= 0.6 is 11.6 Å². The highest BCUT2D eigenvalue weighted by molar-refractivity contribution is 6.18. The molecule has 0 radical (unpaired) electrons. The second kappa shape index (κ2) is 5.36. The van der Waals surface area contributed by atoms with Crippen molar-refractivity contribution in [1.82, 2.24) is 0 Å². The molecule has 0 aliphatic carbocycles. The van der Waals surface area contributed by atoms with E-state index in [1.54, 1.807) is 0 Å². The molecule has 0 aromatic rings. The Labute approximate surface area is 55.0 Å². The minimum Gasteiger partial charge on any atom is -0.246 e. The number of halogens is 2. The molecule has 0 N–H and O–H groups in total. The van der Waals surface area contributed by atoms with Gasteiger partial charge in [-0.2, -0.15) is 0 Å². The average Bonchev–Trinajstić information content (AvgIpc) is 1.83. The van der Waals surface area contributed by atoms with Gasteiger partial charge in [-0.05, 0) is 6.42 Å². The molecule has 50 valence electrons. The average molecular weight is 139 g/mol. The molecule has 0 fully saturated rings. The minimum absolute atomic E-state index is 0.153. The normalized spacial score (nSPS) is 13.9. The second-order valence-electron chi connectivity index (χ2n) is 1.89. The molecule has 1 atom stereocenters. The van der Waals surface area contributed by atoms with Crippen LogP contribution in [0.5, 0.6) is 0 Å². The fourth-order valence-electron chi connectivity index (χ4n) is 0.503. The van der Waals surface area contributed by atoms with Crippen molar-refractivity contribution in [1.29, 1.82) is 0 Å². The van der Waals surface area contributed by atoms with Crippen molar-refractivity contribution in [3.05, 3.63) is 0 Å². The highest BCUT2D eigenvalue weighted by atomic mass is 35.5. The maximum absolute atomic E-state index is 12.2. The van der Waals surface area contributed by atoms with E-state index < -0.39 is 6.17 Å². The monoisotopic (exact) mass is 138 g/mol. The molecule has 2 heteroatoms. The fourth-order valence-corrected chi connectivity index (χ4v) is 0.657. The summed E-state index contributed by atoms with van der Waals surface area (Å²) in [7, 11) is 0. The van der Waals surface area contributed by atoms with Crippen LogP contribution in [0.2, 0.25) is 0 Å². The topological polar surface area (TPSA) is 0 Å². The SMILES string of the molecule is CCCCC(F)CCl. The van der Waals surface area contributed by atoms with E-state index in [-0.39, 0.29) is 5.88 Å². The van der Waals surface area contributed by atoms with Crippen molar-refractivity contribution in [2.75, 3.05) is 5.88 Å². The second-order valence-corrected chi connectivity index (χ2v) is 2.20. The van der Waals surface area contributed by atoms with Crippen molar-refractivity contribution < 1.29 is 4.39 Å². The molecule has 0 aromatic heterocycles. The van der Waals surface area contributed by atoms with Crippen LogP contribution in [0.1, 0.15) is 26.2 Å². The lowest BCUT2D eigenvalue weighted by molar-refractivity contribution is 0.337. The van der Waals surface area contributed by atoms with E-state index >= 15 is 0 Å². The van der Waals surface area contributed by atoms with E-state index in [4.69, 9.17) is 11.6 Å². The van der Waals surface area contributed by atoms with Gasteiger partial charge in [0.05, 0.1) is 5.88 Å². The molecular weight excluding hydrogens is 127 g/mol. The molecule has 0 rings (SSSR count). The highest BCUT2D eigenvalue weighted by Crippen LogP contribution is 2.04. The summed E-state index contributed by atoms with van der Waals surface area (Å²) >= 11 is 5.21. The van der Waals surface area contributed by atoms with Gasteiger partial charge >= 0.3 is 0 Å². The summed E-state index contributed by atoms with van der Waals surface area (Å²) in [5, 5.41) is 0. The molecule has 0 heterocycles. The van der Waals surface area contributed by atoms with Crippen LogP contribution in [-0.2, 0) is 0 Å². The highest BCUT2D eigenvalue weighted by Gasteiger charge is 2.00. The number of hydrogen-bond donors (Lipinski definition) is 0. The van der Waals surface area contributed by atoms with E-state index in [1.165, 1.54) is 0 Å². The van der Waals surface area contributed by atoms with E-state index in [9.17, 15) is 4.39 Å². The smallest absolute Gasteiger partial charge is 0.114 e. The summed E-state index contributed by atoms with van der Waals surface area (Å²) in [6, 6.07) is 0. The Morgan fingerprint density at radius 3 is 2.62 bits per heavy atom. The number of hydrogen-bond acceptors (Lipinski definition) is 0. The molecule has 0 bridgehead atoms. The summed E-state index contributed by atoms with van der Waals surface area (Å²) in [5.41, 5.74) is 0. The van der Waals surface area contributed by atoms with Crippen LogP contribution in [0.25, 0.3) is 0 Å². The van der Waals surface area contributed by atoms with Crippen LogP contribution in [0, 0.1) is 0 Å². The molecule has 0 aromatic carbocycles. The summed E-state index contributed by atoms with van der Waals surface area (Å²) in [5.74, 6) is 0.153. The Kier molecular flexibility index (Phi) is 5.51. The largest absolute Gasteiger partial charge is 0.246 e. The van der Waals surface area contributed by atoms with Gasteiger partial charge in [0.2, 0.25) is 0 Å². The first-order valence-electron chi connectivity index (χ1n) is 3.01. The summed E-state index contributed by atoms with van der Waals surface area (Å²) < 4.78 is 12.2. The van der Waals surface area contributed by atoms with E-state index in [0.29, 0.717) is 6.42 Å². The van der Waals surface area contributed by atoms with Gasteiger partial charge in [-0.3, -0.25) is 0 Å². The van der Waals surface area contributed by atoms with Crippen LogP contribution < -0.4 is 0 Å². The lowest BCUT2D eigenvalue weighted by Gasteiger charge is -1.99. The van der Waals surface area contributed by atoms with Crippen LogP contribution in [0.3, 0.4) is 0 Å². The molecule has 0 nitrogen and oxygen atoms in total. The standard InChI is InChI=1S/C6H12ClF/c1-2-3-4-6(8)5-7/h6H,2-5H2,1H3. The van der Waals surface area contributed by atoms with Gasteiger partial charge in [-0.25, -0.2) is 4.39 Å². The van der Waals surface area contributed by atoms with Gasteiger partial charge in [-0.15, -0.1) is 11.6 Å². The van der Waals surface area contributed by atoms with Crippen LogP contribution in [0.4, 0.5) is 4.39 Å². The molecule has 0 aliphatic heterocycles. The van der Waals surface area contributed by atoms with Crippen molar-refractivity contribution in [3.8, 4) is 0 Å². The minimum atomic E-state index is -0.781. The maximum Gasteiger partial charge on any atom is 0.114 e. The quantitative estimate of drug-likeness (QED) is 0.524. The number of unbranched alkanes of at least 4 members (excludes halogenated alkanes) is 1. The number of rotatable bonds is 4. The fraction of sp³-hybridized carbons (Fsp3) is 1.00. The van der Waals surface area contributed by atoms with Crippen molar-refractivity contribution in [3.63, 3.8) is 0 Å². The predicted octanol–water partition coefficient (Wildman–Crippen LogP) is 2.75. The molecule has 0 aliphatic rings. The lowest BCUT2D eigenvalue weighted by atomic mass is 10.2. The Morgan fingerprint density at radius 2 is 2.25 bits per heavy atom. The molecule has 0 saturated heterocycles. The molecule has 1 unspecified atom stereocenters. The van der Waals surface area contributed by atoms with Gasteiger partial charge in [0, 0.05) is 0 Å². The molecule has 8 heavy (non-hydrogen) atoms. The van der Waals surface area contributed by atoms with Crippen molar-refractivity contribution in [2.45, 2.75) is 32.4 Å². The van der Waals surface area contributed by atoms with E-state index in [2.05, 4.69) is 0 Å². The zero-order valence-electron chi connectivity index (χ0n) is 5.16. The Balaban J connectivity index is 2.86. The Hall–Kier alpha value is 0.220. The van der Waals surface area contributed by atoms with Gasteiger partial charge in [0.1, 0.15) is 6.17 Å². The van der Waals surface area contributed by atoms with Crippen LogP contribution in [0.15, 0.2) is 0 Å². The summed E-state index contributed by atoms with van der Waals surface area (Å²) in [6.45, 7) is 2.04. The first-order chi connectivity index (χ1) is 3.81. The van der Waals surface area contributed by atoms with Gasteiger partial charge in [0.15, 0.2) is 0 Å². The molecule has 0 spiro atoms. The predicted molar refractivity (Wildman–Crippen MR) is 35.1 cm³/mol. The number of alkyl halides is 2. The third-order valence-electron chi connectivity index (χ3n) is 1.04. The Bertz CT molecular complexity index is 47.8. The first-order valence-corrected chi connectivity index (χ1v) is 3.54. The van der Waals surface area contributed by atoms with E-state index in [1.807, 2.05) is 6.92 Å². The van der Waals surface area contributed by atoms with Crippen LogP contribution in [-0.4, -0.2) is 12.1 Å². The van der Waals surface area contributed by atoms with Crippen molar-refractivity contribution in [2.24, 2.45) is 0 Å². The van der Waals surface area contributed by atoms with Gasteiger partial charge in [0.25, 0.3) is 0 Å². The summed E-state index contributed by atoms with van der Waals surface area (Å²) in [4.78, 5) is 0. The maximum atomic E-state index is 12.2. The molecule has 0 saturated carbocycles. The molecule has 0 amide bonds. The molecular formula is C6H12ClF. The lowest BCUT2D eigenvalue weighted by Crippen LogP contribution is -1.99. The zero-order chi connectivity index (χ0) is 6.41. The van der Waals surface area contributed by atoms with Gasteiger partial charge in [-0.1, -0.05) is 19.8 Å². The summed E-state index contributed by atoms with van der Waals surface area (Å²) in [6.07, 6.45) is 1.85. The Morgan fingerprint density at radius 1 is 1.62 bits per heavy atom. The van der Waals surface area contributed by atoms with Gasteiger partial charge < -0.3 is 0 Å². The third kappa shape index (κ3) is 4.38. The first kappa shape index (κ1) is 8.22. The zero-order valence-corrected chi connectivity index (χ0v) is 5.92.